The van der Waals surface area contributed by atoms with Crippen LogP contribution in [0.2, 0.25) is 0 Å². The van der Waals surface area contributed by atoms with Crippen LogP contribution in [0.4, 0.5) is 11.6 Å². The maximum atomic E-state index is 11.0. The molecule has 104 valence electrons. The minimum atomic E-state index is -0.544. The van der Waals surface area contributed by atoms with Crippen LogP contribution >= 0.6 is 31.9 Å². The zero-order valence-electron chi connectivity index (χ0n) is 9.71. The molecule has 10 heteroatoms. The predicted molar refractivity (Wildman–Crippen MR) is 78.4 cm³/mol. The Morgan fingerprint density at radius 2 is 2.15 bits per heavy atom. The van der Waals surface area contributed by atoms with Crippen LogP contribution in [0.5, 0.6) is 11.6 Å². The average Bonchev–Trinajstić information content (AvgIpc) is 2.42. The number of hydrazine groups is 1. The third-order valence-corrected chi connectivity index (χ3v) is 3.20. The van der Waals surface area contributed by atoms with Gasteiger partial charge in [0, 0.05) is 10.5 Å². The number of nitrogen functional groups attached to an aromatic ring is 1. The normalized spacial score (nSPS) is 10.2. The second kappa shape index (κ2) is 6.11. The van der Waals surface area contributed by atoms with Crippen LogP contribution in [-0.2, 0) is 0 Å². The second-order valence-corrected chi connectivity index (χ2v) is 5.23. The number of nitrogens with two attached hydrogens (primary N) is 1. The average molecular weight is 405 g/mol. The number of nitro benzene ring substituents is 1. The van der Waals surface area contributed by atoms with Crippen LogP contribution in [0.25, 0.3) is 0 Å². The molecule has 0 aliphatic heterocycles. The fraction of sp³-hybridized carbons (Fsp3) is 0. The van der Waals surface area contributed by atoms with Crippen LogP contribution in [0, 0.1) is 10.1 Å². The molecular weight excluding hydrogens is 398 g/mol. The molecule has 0 amide bonds. The SMILES string of the molecule is NNc1ncc(Br)c(Oc2ccc(Br)cc2[N+](=O)[O-])n1. The lowest BCUT2D eigenvalue weighted by molar-refractivity contribution is -0.385. The summed E-state index contributed by atoms with van der Waals surface area (Å²) in [5, 5.41) is 11.0. The minimum Gasteiger partial charge on any atom is -0.430 e. The zero-order valence-corrected chi connectivity index (χ0v) is 12.9. The van der Waals surface area contributed by atoms with Crippen LogP contribution in [0.1, 0.15) is 0 Å². The molecule has 0 radical (unpaired) electrons. The van der Waals surface area contributed by atoms with Gasteiger partial charge in [-0.15, -0.1) is 0 Å². The third kappa shape index (κ3) is 3.21. The Labute approximate surface area is 129 Å². The molecule has 0 saturated heterocycles. The molecule has 0 unspecified atom stereocenters. The lowest BCUT2D eigenvalue weighted by Gasteiger charge is -2.08. The largest absolute Gasteiger partial charge is 0.430 e. The third-order valence-electron chi connectivity index (χ3n) is 2.17. The monoisotopic (exact) mass is 403 g/mol. The van der Waals surface area contributed by atoms with E-state index in [2.05, 4.69) is 47.3 Å². The topological polar surface area (TPSA) is 116 Å². The Morgan fingerprint density at radius 3 is 2.80 bits per heavy atom. The summed E-state index contributed by atoms with van der Waals surface area (Å²) >= 11 is 6.36. The highest BCUT2D eigenvalue weighted by atomic mass is 79.9. The van der Waals surface area contributed by atoms with Gasteiger partial charge in [0.1, 0.15) is 0 Å². The van der Waals surface area contributed by atoms with E-state index in [1.54, 1.807) is 6.07 Å². The lowest BCUT2D eigenvalue weighted by atomic mass is 10.3. The second-order valence-electron chi connectivity index (χ2n) is 3.46. The molecule has 20 heavy (non-hydrogen) atoms. The van der Waals surface area contributed by atoms with Gasteiger partial charge in [0.05, 0.1) is 15.6 Å². The van der Waals surface area contributed by atoms with E-state index in [4.69, 9.17) is 10.6 Å². The van der Waals surface area contributed by atoms with Crippen molar-refractivity contribution in [3.05, 3.63) is 43.5 Å². The Balaban J connectivity index is 2.42. The first-order valence-electron chi connectivity index (χ1n) is 5.12. The van der Waals surface area contributed by atoms with Crippen molar-refractivity contribution in [3.8, 4) is 11.6 Å². The Hall–Kier alpha value is -1.78. The van der Waals surface area contributed by atoms with Gasteiger partial charge in [0.25, 0.3) is 0 Å². The van der Waals surface area contributed by atoms with E-state index >= 15 is 0 Å². The summed E-state index contributed by atoms with van der Waals surface area (Å²) in [7, 11) is 0. The summed E-state index contributed by atoms with van der Waals surface area (Å²) in [4.78, 5) is 18.3. The molecule has 0 saturated carbocycles. The van der Waals surface area contributed by atoms with Gasteiger partial charge in [-0.05, 0) is 28.1 Å². The van der Waals surface area contributed by atoms with Crippen LogP contribution in [0.15, 0.2) is 33.3 Å². The molecule has 0 aliphatic carbocycles. The Kier molecular flexibility index (Phi) is 4.47. The van der Waals surface area contributed by atoms with Gasteiger partial charge in [-0.25, -0.2) is 10.8 Å². The number of nitrogens with one attached hydrogen (secondary N) is 1. The number of ether oxygens (including phenoxy) is 1. The Bertz CT molecular complexity index is 667. The van der Waals surface area contributed by atoms with Crippen molar-refractivity contribution < 1.29 is 9.66 Å². The quantitative estimate of drug-likeness (QED) is 0.457. The molecule has 0 atom stereocenters. The van der Waals surface area contributed by atoms with Gasteiger partial charge in [0.2, 0.25) is 17.6 Å². The van der Waals surface area contributed by atoms with E-state index in [0.717, 1.165) is 0 Å². The molecule has 0 aliphatic rings. The summed E-state index contributed by atoms with van der Waals surface area (Å²) in [6.07, 6.45) is 1.42. The highest BCUT2D eigenvalue weighted by Gasteiger charge is 2.18. The number of anilines is 1. The van der Waals surface area contributed by atoms with Gasteiger partial charge in [-0.3, -0.25) is 15.5 Å². The number of hydrogen-bond acceptors (Lipinski definition) is 7. The molecule has 2 aromatic rings. The van der Waals surface area contributed by atoms with Gasteiger partial charge in [0.15, 0.2) is 0 Å². The van der Waals surface area contributed by atoms with Crippen molar-refractivity contribution in [1.29, 1.82) is 0 Å². The van der Waals surface area contributed by atoms with Crippen LogP contribution in [0.3, 0.4) is 0 Å². The minimum absolute atomic E-state index is 0.0561. The lowest BCUT2D eigenvalue weighted by Crippen LogP contribution is -2.10. The molecule has 0 fully saturated rings. The van der Waals surface area contributed by atoms with E-state index in [1.165, 1.54) is 18.3 Å². The number of rotatable bonds is 4. The summed E-state index contributed by atoms with van der Waals surface area (Å²) in [5.74, 6) is 5.49. The van der Waals surface area contributed by atoms with E-state index in [1.807, 2.05) is 0 Å². The number of halogens is 2. The number of benzene rings is 1. The van der Waals surface area contributed by atoms with E-state index in [9.17, 15) is 10.1 Å². The smallest absolute Gasteiger partial charge is 0.312 e. The van der Waals surface area contributed by atoms with Crippen molar-refractivity contribution in [2.75, 3.05) is 5.43 Å². The molecule has 8 nitrogen and oxygen atoms in total. The van der Waals surface area contributed by atoms with Crippen LogP contribution in [-0.4, -0.2) is 14.9 Å². The molecule has 1 aromatic heterocycles. The fourth-order valence-electron chi connectivity index (χ4n) is 1.32. The van der Waals surface area contributed by atoms with Crippen molar-refractivity contribution in [1.82, 2.24) is 9.97 Å². The first-order chi connectivity index (χ1) is 9.51. The van der Waals surface area contributed by atoms with Crippen LogP contribution < -0.4 is 16.0 Å². The van der Waals surface area contributed by atoms with Gasteiger partial charge >= 0.3 is 5.69 Å². The number of nitro groups is 1. The van der Waals surface area contributed by atoms with E-state index in [-0.39, 0.29) is 23.3 Å². The molecule has 0 bridgehead atoms. The van der Waals surface area contributed by atoms with E-state index in [0.29, 0.717) is 8.95 Å². The van der Waals surface area contributed by atoms with Crippen molar-refractivity contribution in [3.63, 3.8) is 0 Å². The maximum Gasteiger partial charge on any atom is 0.312 e. The van der Waals surface area contributed by atoms with Crippen molar-refractivity contribution >= 4 is 43.5 Å². The standard InChI is InChI=1S/C10H7Br2N5O3/c11-5-1-2-8(7(3-5)17(18)19)20-9-6(12)4-14-10(15-9)16-13/h1-4H,13H2,(H,14,15,16). The van der Waals surface area contributed by atoms with Gasteiger partial charge in [-0.1, -0.05) is 15.9 Å². The maximum absolute atomic E-state index is 11.0. The van der Waals surface area contributed by atoms with Gasteiger partial charge in [-0.2, -0.15) is 4.98 Å². The molecule has 1 aromatic carbocycles. The molecular formula is C10H7Br2N5O3. The predicted octanol–water partition coefficient (Wildman–Crippen LogP) is 2.99. The van der Waals surface area contributed by atoms with Crippen molar-refractivity contribution in [2.45, 2.75) is 0 Å². The first kappa shape index (κ1) is 14.6. The molecule has 3 N–H and O–H groups in total. The zero-order chi connectivity index (χ0) is 14.7. The highest BCUT2D eigenvalue weighted by molar-refractivity contribution is 9.10. The van der Waals surface area contributed by atoms with Gasteiger partial charge < -0.3 is 4.74 Å². The van der Waals surface area contributed by atoms with E-state index < -0.39 is 4.92 Å². The number of nitrogens with zero attached hydrogens (tertiary/aromatic N) is 3. The summed E-state index contributed by atoms with van der Waals surface area (Å²) < 4.78 is 6.45. The number of aromatic nitrogens is 2. The summed E-state index contributed by atoms with van der Waals surface area (Å²) in [6.45, 7) is 0. The molecule has 1 heterocycles. The summed E-state index contributed by atoms with van der Waals surface area (Å²) in [5.41, 5.74) is 2.07. The highest BCUT2D eigenvalue weighted by Crippen LogP contribution is 2.35. The van der Waals surface area contributed by atoms with Crippen molar-refractivity contribution in [2.24, 2.45) is 5.84 Å². The number of hydrogen-bond donors (Lipinski definition) is 2. The Morgan fingerprint density at radius 1 is 1.40 bits per heavy atom. The molecule has 2 rings (SSSR count). The summed E-state index contributed by atoms with van der Waals surface area (Å²) in [6, 6.07) is 4.43. The molecule has 0 spiro atoms. The first-order valence-corrected chi connectivity index (χ1v) is 6.71. The fourth-order valence-corrected chi connectivity index (χ4v) is 1.94.